The Balaban J connectivity index is 0.00000176. The lowest BCUT2D eigenvalue weighted by atomic mass is 9.95. The molecule has 1 saturated heterocycles. The van der Waals surface area contributed by atoms with E-state index in [0.717, 1.165) is 25.1 Å². The van der Waals surface area contributed by atoms with Gasteiger partial charge in [-0.3, -0.25) is 4.79 Å². The van der Waals surface area contributed by atoms with Crippen LogP contribution in [0.2, 0.25) is 0 Å². The van der Waals surface area contributed by atoms with Crippen molar-refractivity contribution in [3.05, 3.63) is 35.2 Å². The highest BCUT2D eigenvalue weighted by atomic mass is 35.5. The van der Waals surface area contributed by atoms with Gasteiger partial charge in [0.05, 0.1) is 6.42 Å². The Morgan fingerprint density at radius 1 is 1.36 bits per heavy atom. The number of fused-ring (bicyclic) bond motifs is 1. The molecule has 2 atom stereocenters. The normalized spacial score (nSPS) is 21.1. The van der Waals surface area contributed by atoms with Crippen molar-refractivity contribution >= 4 is 39.7 Å². The van der Waals surface area contributed by atoms with Gasteiger partial charge >= 0.3 is 0 Å². The standard InChI is InChI=1S/C17H22N2OS.ClH/c1-12-9-19(10-13(12)6-7-18)17(20)8-14-11-21-16-5-3-2-4-15(14)16;/h2-5,11-13H,6-10,18H2,1H3;1H/t12-,13-;/m1./s1. The predicted molar refractivity (Wildman–Crippen MR) is 95.7 cm³/mol. The summed E-state index contributed by atoms with van der Waals surface area (Å²) in [7, 11) is 0. The summed E-state index contributed by atoms with van der Waals surface area (Å²) in [6, 6.07) is 8.31. The van der Waals surface area contributed by atoms with Gasteiger partial charge in [-0.1, -0.05) is 25.1 Å². The zero-order chi connectivity index (χ0) is 14.8. The number of rotatable bonds is 4. The first kappa shape index (κ1) is 17.3. The Morgan fingerprint density at radius 2 is 2.14 bits per heavy atom. The minimum absolute atomic E-state index is 0. The summed E-state index contributed by atoms with van der Waals surface area (Å²) in [6.07, 6.45) is 1.54. The van der Waals surface area contributed by atoms with E-state index in [1.165, 1.54) is 10.1 Å². The van der Waals surface area contributed by atoms with Gasteiger partial charge in [-0.05, 0) is 47.2 Å². The molecule has 0 bridgehead atoms. The van der Waals surface area contributed by atoms with Crippen LogP contribution in [0.3, 0.4) is 0 Å². The highest BCUT2D eigenvalue weighted by Gasteiger charge is 2.31. The Bertz CT molecular complexity index is 642. The lowest BCUT2D eigenvalue weighted by molar-refractivity contribution is -0.129. The molecule has 2 N–H and O–H groups in total. The van der Waals surface area contributed by atoms with E-state index in [9.17, 15) is 4.79 Å². The van der Waals surface area contributed by atoms with Crippen LogP contribution in [-0.4, -0.2) is 30.4 Å². The summed E-state index contributed by atoms with van der Waals surface area (Å²) < 4.78 is 1.26. The molecule has 22 heavy (non-hydrogen) atoms. The van der Waals surface area contributed by atoms with Crippen LogP contribution in [0.15, 0.2) is 29.6 Å². The number of nitrogens with zero attached hydrogens (tertiary/aromatic N) is 1. The smallest absolute Gasteiger partial charge is 0.227 e. The van der Waals surface area contributed by atoms with Gasteiger partial charge in [-0.15, -0.1) is 23.7 Å². The molecule has 0 spiro atoms. The number of carbonyl (C=O) groups excluding carboxylic acids is 1. The lowest BCUT2D eigenvalue weighted by Crippen LogP contribution is -2.30. The van der Waals surface area contributed by atoms with Gasteiger partial charge in [0.15, 0.2) is 0 Å². The van der Waals surface area contributed by atoms with Gasteiger partial charge in [-0.25, -0.2) is 0 Å². The summed E-state index contributed by atoms with van der Waals surface area (Å²) in [5, 5.41) is 3.35. The van der Waals surface area contributed by atoms with Gasteiger partial charge in [0, 0.05) is 17.8 Å². The first-order valence-corrected chi connectivity index (χ1v) is 8.50. The molecule has 5 heteroatoms. The van der Waals surface area contributed by atoms with Gasteiger partial charge in [-0.2, -0.15) is 0 Å². The molecule has 0 radical (unpaired) electrons. The number of likely N-dealkylation sites (tertiary alicyclic amines) is 1. The molecule has 0 unspecified atom stereocenters. The SMILES string of the molecule is C[C@@H]1CN(C(=O)Cc2csc3ccccc23)C[C@H]1CCN.Cl. The summed E-state index contributed by atoms with van der Waals surface area (Å²) in [6.45, 7) is 4.70. The zero-order valence-electron chi connectivity index (χ0n) is 12.8. The molecule has 2 heterocycles. The second kappa shape index (κ2) is 7.44. The first-order chi connectivity index (χ1) is 10.2. The van der Waals surface area contributed by atoms with E-state index in [0.29, 0.717) is 24.8 Å². The van der Waals surface area contributed by atoms with Crippen LogP contribution < -0.4 is 5.73 Å². The fourth-order valence-corrected chi connectivity index (χ4v) is 4.23. The number of thiophene rings is 1. The summed E-state index contributed by atoms with van der Waals surface area (Å²) in [5.74, 6) is 1.39. The number of hydrogen-bond acceptors (Lipinski definition) is 3. The first-order valence-electron chi connectivity index (χ1n) is 7.62. The molecule has 120 valence electrons. The van der Waals surface area contributed by atoms with Gasteiger partial charge in [0.1, 0.15) is 0 Å². The Labute approximate surface area is 141 Å². The average Bonchev–Trinajstić information content (AvgIpc) is 3.05. The molecule has 1 amide bonds. The third-order valence-electron chi connectivity index (χ3n) is 4.56. The third-order valence-corrected chi connectivity index (χ3v) is 5.57. The minimum Gasteiger partial charge on any atom is -0.342 e. The van der Waals surface area contributed by atoms with Gasteiger partial charge < -0.3 is 10.6 Å². The van der Waals surface area contributed by atoms with Crippen molar-refractivity contribution in [3.63, 3.8) is 0 Å². The molecule has 1 aliphatic rings. The van der Waals surface area contributed by atoms with E-state index >= 15 is 0 Å². The maximum atomic E-state index is 12.6. The van der Waals surface area contributed by atoms with Crippen LogP contribution in [0.5, 0.6) is 0 Å². The van der Waals surface area contributed by atoms with E-state index in [1.807, 2.05) is 17.0 Å². The van der Waals surface area contributed by atoms with E-state index in [4.69, 9.17) is 5.73 Å². The largest absolute Gasteiger partial charge is 0.342 e. The third kappa shape index (κ3) is 3.45. The molecular weight excluding hydrogens is 316 g/mol. The summed E-state index contributed by atoms with van der Waals surface area (Å²) in [4.78, 5) is 14.6. The van der Waals surface area contributed by atoms with Gasteiger partial charge in [0.25, 0.3) is 0 Å². The maximum absolute atomic E-state index is 12.6. The highest BCUT2D eigenvalue weighted by molar-refractivity contribution is 7.17. The number of hydrogen-bond donors (Lipinski definition) is 1. The minimum atomic E-state index is 0. The maximum Gasteiger partial charge on any atom is 0.227 e. The number of carbonyl (C=O) groups is 1. The zero-order valence-corrected chi connectivity index (χ0v) is 14.5. The van der Waals surface area contributed by atoms with Crippen molar-refractivity contribution in [2.45, 2.75) is 19.8 Å². The van der Waals surface area contributed by atoms with E-state index in [1.54, 1.807) is 11.3 Å². The molecule has 3 rings (SSSR count). The van der Waals surface area contributed by atoms with E-state index in [2.05, 4.69) is 24.4 Å². The average molecular weight is 339 g/mol. The molecule has 1 aliphatic heterocycles. The van der Waals surface area contributed by atoms with Crippen molar-refractivity contribution in [3.8, 4) is 0 Å². The van der Waals surface area contributed by atoms with Crippen LogP contribution >= 0.6 is 23.7 Å². The molecule has 1 aromatic heterocycles. The topological polar surface area (TPSA) is 46.3 Å². The van der Waals surface area contributed by atoms with Crippen molar-refractivity contribution in [1.29, 1.82) is 0 Å². The summed E-state index contributed by atoms with van der Waals surface area (Å²) >= 11 is 1.72. The van der Waals surface area contributed by atoms with Crippen LogP contribution in [-0.2, 0) is 11.2 Å². The molecule has 1 aromatic carbocycles. The molecule has 0 saturated carbocycles. The number of benzene rings is 1. The van der Waals surface area contributed by atoms with E-state index in [-0.39, 0.29) is 18.3 Å². The van der Waals surface area contributed by atoms with Gasteiger partial charge in [0.2, 0.25) is 5.91 Å². The predicted octanol–water partition coefficient (Wildman–Crippen LogP) is 3.31. The molecule has 2 aromatic rings. The second-order valence-corrected chi connectivity index (χ2v) is 6.96. The van der Waals surface area contributed by atoms with Crippen molar-refractivity contribution in [1.82, 2.24) is 4.90 Å². The fraction of sp³-hybridized carbons (Fsp3) is 0.471. The second-order valence-electron chi connectivity index (χ2n) is 6.05. The molecule has 0 aliphatic carbocycles. The Hall–Kier alpha value is -1.10. The van der Waals surface area contributed by atoms with Crippen LogP contribution in [0.25, 0.3) is 10.1 Å². The van der Waals surface area contributed by atoms with Crippen LogP contribution in [0, 0.1) is 11.8 Å². The number of nitrogens with two attached hydrogens (primary N) is 1. The van der Waals surface area contributed by atoms with E-state index < -0.39 is 0 Å². The quantitative estimate of drug-likeness (QED) is 0.929. The van der Waals surface area contributed by atoms with Crippen LogP contribution in [0.4, 0.5) is 0 Å². The van der Waals surface area contributed by atoms with Crippen LogP contribution in [0.1, 0.15) is 18.9 Å². The lowest BCUT2D eigenvalue weighted by Gasteiger charge is -2.16. The fourth-order valence-electron chi connectivity index (χ4n) is 3.27. The molecular formula is C17H23ClN2OS. The summed E-state index contributed by atoms with van der Waals surface area (Å²) in [5.41, 5.74) is 6.82. The van der Waals surface area contributed by atoms with Crippen molar-refractivity contribution < 1.29 is 4.79 Å². The Morgan fingerprint density at radius 3 is 2.91 bits per heavy atom. The Kier molecular flexibility index (Phi) is 5.84. The molecule has 1 fully saturated rings. The highest BCUT2D eigenvalue weighted by Crippen LogP contribution is 2.29. The number of amides is 1. The van der Waals surface area contributed by atoms with Crippen molar-refractivity contribution in [2.75, 3.05) is 19.6 Å². The molecule has 3 nitrogen and oxygen atoms in total. The van der Waals surface area contributed by atoms with Crippen molar-refractivity contribution in [2.24, 2.45) is 17.6 Å². The monoisotopic (exact) mass is 338 g/mol. The number of halogens is 1.